The Bertz CT molecular complexity index is 612. The summed E-state index contributed by atoms with van der Waals surface area (Å²) in [7, 11) is 1.58. The van der Waals surface area contributed by atoms with Gasteiger partial charge in [-0.1, -0.05) is 19.9 Å². The molecule has 1 aliphatic heterocycles. The number of ether oxygens (including phenoxy) is 2. The summed E-state index contributed by atoms with van der Waals surface area (Å²) in [6, 6.07) is 3.38. The lowest BCUT2D eigenvalue weighted by Crippen LogP contribution is -2.29. The quantitative estimate of drug-likeness (QED) is 0.742. The highest BCUT2D eigenvalue weighted by molar-refractivity contribution is 5.95. The van der Waals surface area contributed by atoms with E-state index in [-0.39, 0.29) is 23.6 Å². The topological polar surface area (TPSA) is 104 Å². The van der Waals surface area contributed by atoms with Gasteiger partial charge < -0.3 is 20.5 Å². The van der Waals surface area contributed by atoms with Gasteiger partial charge in [0.15, 0.2) is 0 Å². The van der Waals surface area contributed by atoms with Crippen molar-refractivity contribution in [1.82, 2.24) is 10.3 Å². The highest BCUT2D eigenvalue weighted by atomic mass is 16.5. The second-order valence-electron chi connectivity index (χ2n) is 6.69. The van der Waals surface area contributed by atoms with E-state index in [0.717, 1.165) is 19.4 Å². The lowest BCUT2D eigenvalue weighted by Gasteiger charge is -2.20. The molecule has 2 heterocycles. The molecular weight excluding hydrogens is 322 g/mol. The number of amides is 2. The van der Waals surface area contributed by atoms with Gasteiger partial charge in [-0.25, -0.2) is 4.98 Å². The first kappa shape index (κ1) is 19.2. The lowest BCUT2D eigenvalue weighted by atomic mass is 9.88. The van der Waals surface area contributed by atoms with E-state index in [2.05, 4.69) is 10.3 Å². The SMILES string of the molecule is CNC(=O)[C@@H](CC(C)C)c1ccc(OCC2CCCO2)nc1C(N)=O. The van der Waals surface area contributed by atoms with Crippen molar-refractivity contribution in [1.29, 1.82) is 0 Å². The van der Waals surface area contributed by atoms with Crippen molar-refractivity contribution in [2.45, 2.75) is 45.1 Å². The van der Waals surface area contributed by atoms with E-state index >= 15 is 0 Å². The molecule has 1 unspecified atom stereocenters. The van der Waals surface area contributed by atoms with E-state index in [1.165, 1.54) is 0 Å². The van der Waals surface area contributed by atoms with Crippen LogP contribution in [0.5, 0.6) is 5.88 Å². The van der Waals surface area contributed by atoms with E-state index in [4.69, 9.17) is 15.2 Å². The Morgan fingerprint density at radius 3 is 2.76 bits per heavy atom. The number of likely N-dealkylation sites (N-methyl/N-ethyl adjacent to an activating group) is 1. The number of nitrogens with two attached hydrogens (primary N) is 1. The van der Waals surface area contributed by atoms with Gasteiger partial charge in [-0.05, 0) is 30.7 Å². The minimum Gasteiger partial charge on any atom is -0.475 e. The van der Waals surface area contributed by atoms with E-state index in [1.54, 1.807) is 19.2 Å². The van der Waals surface area contributed by atoms with Crippen LogP contribution in [0.25, 0.3) is 0 Å². The molecule has 0 radical (unpaired) electrons. The fraction of sp³-hybridized carbons (Fsp3) is 0.611. The monoisotopic (exact) mass is 349 g/mol. The molecule has 7 heteroatoms. The molecule has 2 rings (SSSR count). The Labute approximate surface area is 148 Å². The van der Waals surface area contributed by atoms with E-state index < -0.39 is 11.8 Å². The first-order valence-corrected chi connectivity index (χ1v) is 8.69. The van der Waals surface area contributed by atoms with Crippen molar-refractivity contribution in [2.24, 2.45) is 11.7 Å². The molecule has 25 heavy (non-hydrogen) atoms. The third-order valence-corrected chi connectivity index (χ3v) is 4.22. The average molecular weight is 349 g/mol. The zero-order valence-corrected chi connectivity index (χ0v) is 15.1. The van der Waals surface area contributed by atoms with Gasteiger partial charge in [0.25, 0.3) is 5.91 Å². The summed E-state index contributed by atoms with van der Waals surface area (Å²) >= 11 is 0. The highest BCUT2D eigenvalue weighted by Crippen LogP contribution is 2.28. The molecule has 2 atom stereocenters. The molecule has 7 nitrogen and oxygen atoms in total. The zero-order chi connectivity index (χ0) is 18.4. The molecule has 138 valence electrons. The summed E-state index contributed by atoms with van der Waals surface area (Å²) in [5.74, 6) is -0.722. The molecule has 1 aromatic heterocycles. The Hall–Kier alpha value is -2.15. The number of hydrogen-bond donors (Lipinski definition) is 2. The summed E-state index contributed by atoms with van der Waals surface area (Å²) in [5, 5.41) is 2.65. The molecular formula is C18H27N3O4. The Kier molecular flexibility index (Phi) is 6.75. The normalized spacial score (nSPS) is 18.2. The number of rotatable bonds is 8. The van der Waals surface area contributed by atoms with Gasteiger partial charge in [-0.3, -0.25) is 9.59 Å². The fourth-order valence-electron chi connectivity index (χ4n) is 2.99. The summed E-state index contributed by atoms with van der Waals surface area (Å²) < 4.78 is 11.1. The first-order valence-electron chi connectivity index (χ1n) is 8.69. The van der Waals surface area contributed by atoms with Gasteiger partial charge in [0.1, 0.15) is 12.3 Å². The molecule has 1 saturated heterocycles. The zero-order valence-electron chi connectivity index (χ0n) is 15.1. The third-order valence-electron chi connectivity index (χ3n) is 4.22. The van der Waals surface area contributed by atoms with Gasteiger partial charge >= 0.3 is 0 Å². The van der Waals surface area contributed by atoms with Crippen molar-refractivity contribution < 1.29 is 19.1 Å². The maximum Gasteiger partial charge on any atom is 0.267 e. The number of carbonyl (C=O) groups excluding carboxylic acids is 2. The summed E-state index contributed by atoms with van der Waals surface area (Å²) in [5.41, 5.74) is 6.11. The standard InChI is InChI=1S/C18H27N3O4/c1-11(2)9-14(18(23)20-3)13-6-7-15(21-16(13)17(19)22)25-10-12-5-4-8-24-12/h6-7,11-12,14H,4-5,8-10H2,1-3H3,(H2,19,22)(H,20,23)/t12?,14-/m0/s1. The van der Waals surface area contributed by atoms with Gasteiger partial charge in [0.2, 0.25) is 11.8 Å². The van der Waals surface area contributed by atoms with Gasteiger partial charge in [-0.2, -0.15) is 0 Å². The number of pyridine rings is 1. The van der Waals surface area contributed by atoms with Crippen LogP contribution in [0.15, 0.2) is 12.1 Å². The lowest BCUT2D eigenvalue weighted by molar-refractivity contribution is -0.122. The third kappa shape index (κ3) is 5.16. The minimum absolute atomic E-state index is 0.0538. The van der Waals surface area contributed by atoms with Crippen LogP contribution in [0.1, 0.15) is 55.1 Å². The second-order valence-corrected chi connectivity index (χ2v) is 6.69. The summed E-state index contributed by atoms with van der Waals surface area (Å²) in [6.45, 7) is 5.17. The Balaban J connectivity index is 2.23. The average Bonchev–Trinajstić information content (AvgIpc) is 3.10. The molecule has 0 spiro atoms. The number of primary amides is 1. The van der Waals surface area contributed by atoms with Gasteiger partial charge in [-0.15, -0.1) is 0 Å². The number of aromatic nitrogens is 1. The summed E-state index contributed by atoms with van der Waals surface area (Å²) in [6.07, 6.45) is 2.62. The van der Waals surface area contributed by atoms with E-state index in [1.807, 2.05) is 13.8 Å². The Morgan fingerprint density at radius 2 is 2.20 bits per heavy atom. The van der Waals surface area contributed by atoms with Crippen LogP contribution in [-0.4, -0.2) is 43.2 Å². The van der Waals surface area contributed by atoms with Crippen LogP contribution in [0.2, 0.25) is 0 Å². The summed E-state index contributed by atoms with van der Waals surface area (Å²) in [4.78, 5) is 28.4. The number of hydrogen-bond acceptors (Lipinski definition) is 5. The van der Waals surface area contributed by atoms with Crippen LogP contribution < -0.4 is 15.8 Å². The van der Waals surface area contributed by atoms with Crippen LogP contribution in [0, 0.1) is 5.92 Å². The Morgan fingerprint density at radius 1 is 1.44 bits per heavy atom. The van der Waals surface area contributed by atoms with E-state index in [9.17, 15) is 9.59 Å². The molecule has 1 fully saturated rings. The smallest absolute Gasteiger partial charge is 0.267 e. The molecule has 2 amide bonds. The number of nitrogens with one attached hydrogen (secondary N) is 1. The van der Waals surface area contributed by atoms with Crippen LogP contribution in [0.4, 0.5) is 0 Å². The molecule has 1 aromatic rings. The number of carbonyl (C=O) groups is 2. The molecule has 1 aliphatic rings. The van der Waals surface area contributed by atoms with E-state index in [0.29, 0.717) is 24.5 Å². The van der Waals surface area contributed by atoms with Crippen LogP contribution in [-0.2, 0) is 9.53 Å². The first-order chi connectivity index (χ1) is 11.9. The molecule has 0 saturated carbocycles. The van der Waals surface area contributed by atoms with Crippen molar-refractivity contribution >= 4 is 11.8 Å². The molecule has 3 N–H and O–H groups in total. The van der Waals surface area contributed by atoms with Crippen molar-refractivity contribution in [3.8, 4) is 5.88 Å². The number of nitrogens with zero attached hydrogens (tertiary/aromatic N) is 1. The van der Waals surface area contributed by atoms with Crippen molar-refractivity contribution in [3.63, 3.8) is 0 Å². The molecule has 0 bridgehead atoms. The highest BCUT2D eigenvalue weighted by Gasteiger charge is 2.27. The predicted octanol–water partition coefficient (Wildman–Crippen LogP) is 1.61. The van der Waals surface area contributed by atoms with Gasteiger partial charge in [0.05, 0.1) is 12.0 Å². The molecule has 0 aliphatic carbocycles. The fourth-order valence-corrected chi connectivity index (χ4v) is 2.99. The van der Waals surface area contributed by atoms with Crippen molar-refractivity contribution in [2.75, 3.05) is 20.3 Å². The second kappa shape index (κ2) is 8.80. The van der Waals surface area contributed by atoms with Gasteiger partial charge in [0, 0.05) is 19.7 Å². The predicted molar refractivity (Wildman–Crippen MR) is 93.5 cm³/mol. The van der Waals surface area contributed by atoms with Crippen LogP contribution in [0.3, 0.4) is 0 Å². The largest absolute Gasteiger partial charge is 0.475 e. The van der Waals surface area contributed by atoms with Crippen molar-refractivity contribution in [3.05, 3.63) is 23.4 Å². The molecule has 0 aromatic carbocycles. The maximum absolute atomic E-state index is 12.3. The minimum atomic E-state index is -0.671. The maximum atomic E-state index is 12.3. The van der Waals surface area contributed by atoms with Crippen LogP contribution >= 0.6 is 0 Å².